The van der Waals surface area contributed by atoms with Gasteiger partial charge in [-0.25, -0.2) is 19.6 Å². The summed E-state index contributed by atoms with van der Waals surface area (Å²) in [5.74, 6) is -0.799. The minimum atomic E-state index is -4.66. The second-order valence-electron chi connectivity index (χ2n) is 6.78. The molecule has 11 heteroatoms. The van der Waals surface area contributed by atoms with Crippen LogP contribution in [0.25, 0.3) is 11.0 Å². The fraction of sp³-hybridized carbons (Fsp3) is 0.474. The third-order valence-electron chi connectivity index (χ3n) is 4.67. The number of esters is 1. The quantitative estimate of drug-likeness (QED) is 0.758. The molecule has 0 spiro atoms. The number of aromatic nitrogens is 2. The lowest BCUT2D eigenvalue weighted by Crippen LogP contribution is -2.54. The number of ether oxygens (including phenoxy) is 1. The molecule has 1 saturated heterocycles. The molecule has 3 rings (SSSR count). The normalized spacial score (nSPS) is 15.8. The van der Waals surface area contributed by atoms with Crippen LogP contribution in [0.5, 0.6) is 0 Å². The Morgan fingerprint density at radius 3 is 2.30 bits per heavy atom. The first kappa shape index (κ1) is 21.6. The number of piperazine rings is 1. The first-order valence-electron chi connectivity index (χ1n) is 9.51. The summed E-state index contributed by atoms with van der Waals surface area (Å²) < 4.78 is 45.6. The summed E-state index contributed by atoms with van der Waals surface area (Å²) in [6.07, 6.45) is -4.66. The Kier molecular flexibility index (Phi) is 6.28. The van der Waals surface area contributed by atoms with E-state index in [-0.39, 0.29) is 44.1 Å². The lowest BCUT2D eigenvalue weighted by atomic mass is 10.2. The van der Waals surface area contributed by atoms with Gasteiger partial charge in [0, 0.05) is 26.2 Å². The molecule has 0 unspecified atom stereocenters. The number of anilines is 1. The topological polar surface area (TPSA) is 87.7 Å². The molecule has 0 saturated carbocycles. The summed E-state index contributed by atoms with van der Waals surface area (Å²) in [5, 5.41) is 2.53. The molecule has 1 atom stereocenters. The molecule has 1 aromatic heterocycles. The smallest absolute Gasteiger partial charge is 0.437 e. The summed E-state index contributed by atoms with van der Waals surface area (Å²) in [7, 11) is 0. The lowest BCUT2D eigenvalue weighted by molar-refractivity contribution is -0.145. The SMILES string of the molecule is CCOC(=O)[C@@H](C)NC(=O)N1CCN(c2nc3ccccc3nc2C(F)(F)F)CC1. The molecule has 30 heavy (non-hydrogen) atoms. The van der Waals surface area contributed by atoms with E-state index in [0.29, 0.717) is 5.52 Å². The van der Waals surface area contributed by atoms with Gasteiger partial charge in [0.25, 0.3) is 0 Å². The van der Waals surface area contributed by atoms with E-state index in [0.717, 1.165) is 0 Å². The average molecular weight is 425 g/mol. The van der Waals surface area contributed by atoms with Crippen LogP contribution >= 0.6 is 0 Å². The van der Waals surface area contributed by atoms with E-state index in [1.165, 1.54) is 22.8 Å². The number of hydrogen-bond donors (Lipinski definition) is 1. The van der Waals surface area contributed by atoms with E-state index < -0.39 is 29.9 Å². The monoisotopic (exact) mass is 425 g/mol. The maximum Gasteiger partial charge on any atom is 0.437 e. The molecule has 162 valence electrons. The van der Waals surface area contributed by atoms with Crippen LogP contribution in [0.2, 0.25) is 0 Å². The Hall–Kier alpha value is -3.11. The van der Waals surface area contributed by atoms with Crippen molar-refractivity contribution in [1.29, 1.82) is 0 Å². The van der Waals surface area contributed by atoms with Gasteiger partial charge >= 0.3 is 18.2 Å². The highest BCUT2D eigenvalue weighted by atomic mass is 19.4. The van der Waals surface area contributed by atoms with Crippen molar-refractivity contribution in [1.82, 2.24) is 20.2 Å². The summed E-state index contributed by atoms with van der Waals surface area (Å²) >= 11 is 0. The number of nitrogens with one attached hydrogen (secondary N) is 1. The Bertz CT molecular complexity index is 929. The van der Waals surface area contributed by atoms with Gasteiger partial charge in [-0.05, 0) is 26.0 Å². The molecule has 2 heterocycles. The molecular formula is C19H22F3N5O3. The van der Waals surface area contributed by atoms with E-state index >= 15 is 0 Å². The summed E-state index contributed by atoms with van der Waals surface area (Å²) in [5.41, 5.74) is -0.515. The summed E-state index contributed by atoms with van der Waals surface area (Å²) in [6.45, 7) is 4.02. The summed E-state index contributed by atoms with van der Waals surface area (Å²) in [6, 6.07) is 5.07. The fourth-order valence-electron chi connectivity index (χ4n) is 3.13. The molecule has 0 aliphatic carbocycles. The van der Waals surface area contributed by atoms with E-state index in [9.17, 15) is 22.8 Å². The standard InChI is InChI=1S/C19H22F3N5O3/c1-3-30-17(28)12(2)23-18(29)27-10-8-26(9-11-27)16-15(19(20,21)22)24-13-6-4-5-7-14(13)25-16/h4-7,12H,3,8-11H2,1-2H3,(H,23,29)/t12-/m1/s1. The van der Waals surface area contributed by atoms with Gasteiger partial charge in [0.1, 0.15) is 6.04 Å². The molecule has 8 nitrogen and oxygen atoms in total. The number of carbonyl (C=O) groups excluding carboxylic acids is 2. The minimum Gasteiger partial charge on any atom is -0.464 e. The van der Waals surface area contributed by atoms with Gasteiger partial charge in [-0.15, -0.1) is 0 Å². The number of rotatable bonds is 4. The van der Waals surface area contributed by atoms with Crippen molar-refractivity contribution >= 4 is 28.9 Å². The van der Waals surface area contributed by atoms with Crippen LogP contribution in [0.15, 0.2) is 24.3 Å². The third kappa shape index (κ3) is 4.71. The van der Waals surface area contributed by atoms with Crippen molar-refractivity contribution in [3.05, 3.63) is 30.0 Å². The van der Waals surface area contributed by atoms with Crippen molar-refractivity contribution in [2.24, 2.45) is 0 Å². The number of alkyl halides is 3. The number of fused-ring (bicyclic) bond motifs is 1. The Balaban J connectivity index is 1.72. The lowest BCUT2D eigenvalue weighted by Gasteiger charge is -2.36. The highest BCUT2D eigenvalue weighted by Gasteiger charge is 2.39. The van der Waals surface area contributed by atoms with E-state index in [1.54, 1.807) is 25.1 Å². The molecular weight excluding hydrogens is 403 g/mol. The van der Waals surface area contributed by atoms with Crippen LogP contribution in [0.1, 0.15) is 19.5 Å². The van der Waals surface area contributed by atoms with Crippen LogP contribution in [-0.4, -0.2) is 65.7 Å². The van der Waals surface area contributed by atoms with Gasteiger partial charge in [-0.2, -0.15) is 13.2 Å². The predicted octanol–water partition coefficient (Wildman–Crippen LogP) is 2.43. The van der Waals surface area contributed by atoms with Gasteiger partial charge < -0.3 is 19.9 Å². The molecule has 2 aromatic rings. The van der Waals surface area contributed by atoms with Gasteiger partial charge in [0.15, 0.2) is 11.5 Å². The van der Waals surface area contributed by atoms with Crippen molar-refractivity contribution < 1.29 is 27.5 Å². The molecule has 1 aromatic carbocycles. The zero-order chi connectivity index (χ0) is 21.9. The Morgan fingerprint density at radius 2 is 1.73 bits per heavy atom. The highest BCUT2D eigenvalue weighted by Crippen LogP contribution is 2.35. The number of benzene rings is 1. The van der Waals surface area contributed by atoms with Crippen molar-refractivity contribution in [3.63, 3.8) is 0 Å². The van der Waals surface area contributed by atoms with Crippen LogP contribution in [0.4, 0.5) is 23.8 Å². The van der Waals surface area contributed by atoms with Crippen LogP contribution in [0.3, 0.4) is 0 Å². The number of amides is 2. The number of carbonyl (C=O) groups is 2. The second kappa shape index (κ2) is 8.72. The number of nitrogens with zero attached hydrogens (tertiary/aromatic N) is 4. The number of hydrogen-bond acceptors (Lipinski definition) is 6. The molecule has 2 amide bonds. The molecule has 0 radical (unpaired) electrons. The zero-order valence-corrected chi connectivity index (χ0v) is 16.6. The maximum absolute atomic E-state index is 13.6. The van der Waals surface area contributed by atoms with Crippen molar-refractivity contribution in [2.75, 3.05) is 37.7 Å². The summed E-state index contributed by atoms with van der Waals surface area (Å²) in [4.78, 5) is 34.9. The number of urea groups is 1. The number of para-hydroxylation sites is 2. The van der Waals surface area contributed by atoms with Crippen LogP contribution in [-0.2, 0) is 15.7 Å². The largest absolute Gasteiger partial charge is 0.464 e. The third-order valence-corrected chi connectivity index (χ3v) is 4.67. The molecule has 0 bridgehead atoms. The van der Waals surface area contributed by atoms with Crippen molar-refractivity contribution in [3.8, 4) is 0 Å². The molecule has 1 aliphatic heterocycles. The van der Waals surface area contributed by atoms with Gasteiger partial charge in [0.05, 0.1) is 17.6 Å². The van der Waals surface area contributed by atoms with E-state index in [1.807, 2.05) is 0 Å². The van der Waals surface area contributed by atoms with E-state index in [4.69, 9.17) is 4.74 Å². The van der Waals surface area contributed by atoms with Gasteiger partial charge in [-0.1, -0.05) is 12.1 Å². The first-order valence-corrected chi connectivity index (χ1v) is 9.51. The first-order chi connectivity index (χ1) is 14.2. The zero-order valence-electron chi connectivity index (χ0n) is 16.6. The Labute approximate surface area is 171 Å². The van der Waals surface area contributed by atoms with E-state index in [2.05, 4.69) is 15.3 Å². The predicted molar refractivity (Wildman–Crippen MR) is 103 cm³/mol. The van der Waals surface area contributed by atoms with Crippen LogP contribution in [0, 0.1) is 0 Å². The molecule has 1 N–H and O–H groups in total. The fourth-order valence-corrected chi connectivity index (χ4v) is 3.13. The van der Waals surface area contributed by atoms with Crippen LogP contribution < -0.4 is 10.2 Å². The number of halogens is 3. The minimum absolute atomic E-state index is 0.150. The average Bonchev–Trinajstić information content (AvgIpc) is 2.72. The highest BCUT2D eigenvalue weighted by molar-refractivity contribution is 5.83. The second-order valence-corrected chi connectivity index (χ2v) is 6.78. The van der Waals surface area contributed by atoms with Crippen molar-refractivity contribution in [2.45, 2.75) is 26.1 Å². The van der Waals surface area contributed by atoms with Gasteiger partial charge in [0.2, 0.25) is 0 Å². The molecule has 1 aliphatic rings. The maximum atomic E-state index is 13.6. The van der Waals surface area contributed by atoms with Gasteiger partial charge in [-0.3, -0.25) is 0 Å². The molecule has 1 fully saturated rings. The Morgan fingerprint density at radius 1 is 1.13 bits per heavy atom.